The van der Waals surface area contributed by atoms with Crippen LogP contribution in [0.4, 0.5) is 0 Å². The summed E-state index contributed by atoms with van der Waals surface area (Å²) in [6, 6.07) is 14.1. The van der Waals surface area contributed by atoms with Crippen LogP contribution in [0.15, 0.2) is 46.9 Å². The van der Waals surface area contributed by atoms with Gasteiger partial charge in [0.2, 0.25) is 0 Å². The topological polar surface area (TPSA) is 65.4 Å². The Kier molecular flexibility index (Phi) is 4.81. The molecule has 1 aliphatic rings. The zero-order valence-corrected chi connectivity index (χ0v) is 15.7. The Hall–Kier alpha value is -2.86. The van der Waals surface area contributed by atoms with Crippen LogP contribution in [0.5, 0.6) is 0 Å². The molecule has 1 amide bonds. The zero-order valence-electron chi connectivity index (χ0n) is 15.7. The van der Waals surface area contributed by atoms with Gasteiger partial charge in [-0.2, -0.15) is 5.10 Å². The molecule has 0 atom stereocenters. The van der Waals surface area contributed by atoms with E-state index >= 15 is 0 Å². The van der Waals surface area contributed by atoms with Crippen molar-refractivity contribution in [1.82, 2.24) is 20.0 Å². The summed E-state index contributed by atoms with van der Waals surface area (Å²) in [5, 5.41) is 7.08. The number of carbonyl (C=O) groups excluding carboxylic acids is 1. The summed E-state index contributed by atoms with van der Waals surface area (Å²) in [6.07, 6.45) is 0. The van der Waals surface area contributed by atoms with E-state index in [0.29, 0.717) is 24.5 Å². The van der Waals surface area contributed by atoms with Crippen LogP contribution in [0.25, 0.3) is 11.5 Å². The van der Waals surface area contributed by atoms with E-state index in [1.165, 1.54) is 11.1 Å². The predicted octanol–water partition coefficient (Wildman–Crippen LogP) is 3.24. The summed E-state index contributed by atoms with van der Waals surface area (Å²) >= 11 is 0. The van der Waals surface area contributed by atoms with Gasteiger partial charge in [-0.15, -0.1) is 0 Å². The molecule has 1 saturated heterocycles. The first-order valence-corrected chi connectivity index (χ1v) is 9.28. The van der Waals surface area contributed by atoms with E-state index in [1.807, 2.05) is 24.0 Å². The number of carbonyl (C=O) groups is 1. The van der Waals surface area contributed by atoms with Gasteiger partial charge in [0.25, 0.3) is 5.91 Å². The van der Waals surface area contributed by atoms with Crippen LogP contribution in [0.2, 0.25) is 0 Å². The van der Waals surface area contributed by atoms with Crippen molar-refractivity contribution in [2.45, 2.75) is 20.4 Å². The third-order valence-electron chi connectivity index (χ3n) is 4.95. The zero-order chi connectivity index (χ0) is 18.8. The number of aromatic amines is 1. The predicted molar refractivity (Wildman–Crippen MR) is 103 cm³/mol. The van der Waals surface area contributed by atoms with E-state index < -0.39 is 0 Å². The lowest BCUT2D eigenvalue weighted by atomic mass is 10.1. The van der Waals surface area contributed by atoms with Crippen molar-refractivity contribution in [3.8, 4) is 11.5 Å². The van der Waals surface area contributed by atoms with Crippen LogP contribution in [-0.4, -0.2) is 52.1 Å². The average molecular weight is 364 g/mol. The molecule has 0 bridgehead atoms. The van der Waals surface area contributed by atoms with Gasteiger partial charge in [0, 0.05) is 38.8 Å². The molecule has 140 valence electrons. The molecule has 1 aliphatic heterocycles. The smallest absolute Gasteiger partial charge is 0.274 e. The molecule has 1 N–H and O–H groups in total. The Bertz CT molecular complexity index is 935. The number of aryl methyl sites for hydroxylation is 2. The lowest BCUT2D eigenvalue weighted by molar-refractivity contribution is 0.0622. The first-order valence-electron chi connectivity index (χ1n) is 9.28. The monoisotopic (exact) mass is 364 g/mol. The third-order valence-corrected chi connectivity index (χ3v) is 4.95. The molecule has 2 aromatic heterocycles. The highest BCUT2D eigenvalue weighted by Crippen LogP contribution is 2.21. The number of hydrogen-bond acceptors (Lipinski definition) is 4. The summed E-state index contributed by atoms with van der Waals surface area (Å²) in [5.74, 6) is 1.50. The number of piperazine rings is 1. The van der Waals surface area contributed by atoms with Gasteiger partial charge in [0.15, 0.2) is 11.5 Å². The van der Waals surface area contributed by atoms with Crippen LogP contribution in [-0.2, 0) is 6.54 Å². The fourth-order valence-electron chi connectivity index (χ4n) is 3.48. The Morgan fingerprint density at radius 1 is 1.11 bits per heavy atom. The summed E-state index contributed by atoms with van der Waals surface area (Å²) in [4.78, 5) is 17.0. The minimum absolute atomic E-state index is 0.0315. The van der Waals surface area contributed by atoms with Crippen LogP contribution >= 0.6 is 0 Å². The van der Waals surface area contributed by atoms with Crippen molar-refractivity contribution in [2.75, 3.05) is 26.2 Å². The lowest BCUT2D eigenvalue weighted by Crippen LogP contribution is -2.48. The van der Waals surface area contributed by atoms with Crippen molar-refractivity contribution in [2.24, 2.45) is 0 Å². The lowest BCUT2D eigenvalue weighted by Gasteiger charge is -2.34. The summed E-state index contributed by atoms with van der Waals surface area (Å²) in [6.45, 7) is 8.10. The minimum Gasteiger partial charge on any atom is -0.460 e. The van der Waals surface area contributed by atoms with Crippen molar-refractivity contribution >= 4 is 5.91 Å². The quantitative estimate of drug-likeness (QED) is 0.772. The number of benzene rings is 1. The Morgan fingerprint density at radius 2 is 1.93 bits per heavy atom. The number of furan rings is 1. The molecule has 0 saturated carbocycles. The molecule has 3 heterocycles. The van der Waals surface area contributed by atoms with Gasteiger partial charge in [-0.25, -0.2) is 0 Å². The standard InChI is InChI=1S/C21H24N4O2/c1-15-4-3-5-17(12-15)14-24-8-10-25(11-9-24)21(26)19-13-18(22-23-19)20-7-6-16(2)27-20/h3-7,12-13H,8-11,14H2,1-2H3,(H,22,23). The van der Waals surface area contributed by atoms with Gasteiger partial charge >= 0.3 is 0 Å². The van der Waals surface area contributed by atoms with E-state index in [1.54, 1.807) is 6.07 Å². The maximum atomic E-state index is 12.8. The minimum atomic E-state index is -0.0315. The van der Waals surface area contributed by atoms with E-state index in [-0.39, 0.29) is 5.91 Å². The fourth-order valence-corrected chi connectivity index (χ4v) is 3.48. The fraction of sp³-hybridized carbons (Fsp3) is 0.333. The van der Waals surface area contributed by atoms with Crippen LogP contribution in [0.1, 0.15) is 27.4 Å². The number of hydrogen-bond donors (Lipinski definition) is 1. The number of aromatic nitrogens is 2. The molecule has 27 heavy (non-hydrogen) atoms. The first kappa shape index (κ1) is 17.5. The molecule has 0 aliphatic carbocycles. The molecule has 1 aromatic carbocycles. The number of amides is 1. The van der Waals surface area contributed by atoms with Gasteiger partial charge in [-0.3, -0.25) is 14.8 Å². The summed E-state index contributed by atoms with van der Waals surface area (Å²) in [7, 11) is 0. The van der Waals surface area contributed by atoms with Crippen LogP contribution < -0.4 is 0 Å². The number of rotatable bonds is 4. The SMILES string of the molecule is Cc1cccc(CN2CCN(C(=O)c3cc(-c4ccc(C)o4)[nH]n3)CC2)c1. The van der Waals surface area contributed by atoms with Gasteiger partial charge < -0.3 is 9.32 Å². The highest BCUT2D eigenvalue weighted by atomic mass is 16.3. The van der Waals surface area contributed by atoms with Gasteiger partial charge in [-0.1, -0.05) is 29.8 Å². The van der Waals surface area contributed by atoms with E-state index in [2.05, 4.69) is 46.3 Å². The molecule has 4 rings (SSSR count). The van der Waals surface area contributed by atoms with Crippen molar-refractivity contribution in [1.29, 1.82) is 0 Å². The Balaban J connectivity index is 1.35. The number of nitrogens with zero attached hydrogens (tertiary/aromatic N) is 3. The number of nitrogens with one attached hydrogen (secondary N) is 1. The maximum Gasteiger partial charge on any atom is 0.274 e. The van der Waals surface area contributed by atoms with Crippen molar-refractivity contribution in [3.05, 3.63) is 65.0 Å². The average Bonchev–Trinajstić information content (AvgIpc) is 3.31. The van der Waals surface area contributed by atoms with E-state index in [4.69, 9.17) is 4.42 Å². The second-order valence-electron chi connectivity index (χ2n) is 7.13. The molecule has 0 radical (unpaired) electrons. The molecular weight excluding hydrogens is 340 g/mol. The highest BCUT2D eigenvalue weighted by molar-refractivity contribution is 5.93. The molecule has 0 unspecified atom stereocenters. The molecule has 6 nitrogen and oxygen atoms in total. The van der Waals surface area contributed by atoms with Gasteiger partial charge in [0.05, 0.1) is 0 Å². The Labute approximate surface area is 158 Å². The summed E-state index contributed by atoms with van der Waals surface area (Å²) < 4.78 is 5.58. The molecular formula is C21H24N4O2. The molecule has 0 spiro atoms. The molecule has 3 aromatic rings. The van der Waals surface area contributed by atoms with Crippen molar-refractivity contribution < 1.29 is 9.21 Å². The van der Waals surface area contributed by atoms with Gasteiger partial charge in [-0.05, 0) is 31.5 Å². The summed E-state index contributed by atoms with van der Waals surface area (Å²) in [5.41, 5.74) is 3.76. The first-order chi connectivity index (χ1) is 13.1. The van der Waals surface area contributed by atoms with Crippen LogP contribution in [0.3, 0.4) is 0 Å². The normalized spacial score (nSPS) is 15.3. The second-order valence-corrected chi connectivity index (χ2v) is 7.13. The highest BCUT2D eigenvalue weighted by Gasteiger charge is 2.24. The maximum absolute atomic E-state index is 12.8. The third kappa shape index (κ3) is 3.95. The second kappa shape index (κ2) is 7.40. The van der Waals surface area contributed by atoms with E-state index in [0.717, 1.165) is 31.1 Å². The van der Waals surface area contributed by atoms with Crippen LogP contribution in [0, 0.1) is 13.8 Å². The largest absolute Gasteiger partial charge is 0.460 e. The molecule has 1 fully saturated rings. The van der Waals surface area contributed by atoms with Gasteiger partial charge in [0.1, 0.15) is 11.5 Å². The van der Waals surface area contributed by atoms with Crippen molar-refractivity contribution in [3.63, 3.8) is 0 Å². The Morgan fingerprint density at radius 3 is 2.63 bits per heavy atom. The number of H-pyrrole nitrogens is 1. The van der Waals surface area contributed by atoms with E-state index in [9.17, 15) is 4.79 Å². The molecule has 6 heteroatoms.